The van der Waals surface area contributed by atoms with Crippen molar-refractivity contribution in [3.05, 3.63) is 76.1 Å². The van der Waals surface area contributed by atoms with E-state index in [0.29, 0.717) is 5.69 Å². The van der Waals surface area contributed by atoms with Crippen LogP contribution in [-0.2, 0) is 21.7 Å². The Morgan fingerprint density at radius 2 is 1.90 bits per heavy atom. The Kier molecular flexibility index (Phi) is 3.17. The van der Waals surface area contributed by atoms with Crippen molar-refractivity contribution in [3.8, 4) is 0 Å². The molecule has 108 valence electrons. The van der Waals surface area contributed by atoms with Gasteiger partial charge in [-0.15, -0.1) is 0 Å². The van der Waals surface area contributed by atoms with Crippen molar-refractivity contribution in [2.45, 2.75) is 12.2 Å². The summed E-state index contributed by atoms with van der Waals surface area (Å²) in [6.07, 6.45) is 2.59. The van der Waals surface area contributed by atoms with Gasteiger partial charge in [-0.3, -0.25) is 4.79 Å². The van der Waals surface area contributed by atoms with Gasteiger partial charge in [-0.05, 0) is 18.2 Å². The molecule has 0 saturated heterocycles. The molecule has 0 radical (unpaired) electrons. The number of nitrogens with zero attached hydrogens (tertiary/aromatic N) is 1. The minimum absolute atomic E-state index is 0.0410. The van der Waals surface area contributed by atoms with E-state index in [1.807, 2.05) is 0 Å². The van der Waals surface area contributed by atoms with Gasteiger partial charge in [0.25, 0.3) is 11.3 Å². The molecule has 21 heavy (non-hydrogen) atoms. The zero-order chi connectivity index (χ0) is 14.9. The molecular weight excluding hydrogens is 282 g/mol. The summed E-state index contributed by atoms with van der Waals surface area (Å²) in [5.74, 6) is -2.95. The van der Waals surface area contributed by atoms with Crippen molar-refractivity contribution in [2.75, 3.05) is 0 Å². The van der Waals surface area contributed by atoms with Gasteiger partial charge < -0.3 is 9.47 Å². The largest absolute Gasteiger partial charge is 0.452 e. The van der Waals surface area contributed by atoms with Crippen molar-refractivity contribution in [1.29, 1.82) is 0 Å². The molecule has 1 aliphatic rings. The molecule has 7 heteroatoms. The first-order chi connectivity index (χ1) is 10.1. The summed E-state index contributed by atoms with van der Waals surface area (Å²) < 4.78 is 37.8. The molecule has 5 nitrogen and oxygen atoms in total. The second kappa shape index (κ2) is 5.01. The van der Waals surface area contributed by atoms with Gasteiger partial charge in [0.15, 0.2) is 0 Å². The lowest BCUT2D eigenvalue weighted by Crippen LogP contribution is -2.32. The van der Waals surface area contributed by atoms with E-state index in [1.165, 1.54) is 30.7 Å². The number of aromatic amines is 1. The van der Waals surface area contributed by atoms with Gasteiger partial charge in [-0.1, -0.05) is 0 Å². The van der Waals surface area contributed by atoms with E-state index in [1.54, 1.807) is 0 Å². The summed E-state index contributed by atoms with van der Waals surface area (Å²) in [4.78, 5) is 11.0. The number of benzene rings is 1. The highest BCUT2D eigenvalue weighted by molar-refractivity contribution is 5.26. The van der Waals surface area contributed by atoms with Crippen LogP contribution in [0.5, 0.6) is 0 Å². The zero-order valence-corrected chi connectivity index (χ0v) is 10.7. The van der Waals surface area contributed by atoms with Gasteiger partial charge in [-0.2, -0.15) is 5.10 Å². The lowest BCUT2D eigenvalue weighted by molar-refractivity contribution is -0.151. The normalized spacial score (nSPS) is 15.5. The average Bonchev–Trinajstić information content (AvgIpc) is 2.91. The standard InChI is InChI=1S/C14H10F2N2O3/c15-9-1-3-11(12(16)7-9)14(20-5-6-21-14)8-10-2-4-13(19)18-17-10/h1-7H,8H2,(H,18,19). The molecule has 2 aromatic rings. The summed E-state index contributed by atoms with van der Waals surface area (Å²) in [5, 5.41) is 6.11. The Morgan fingerprint density at radius 3 is 2.52 bits per heavy atom. The topological polar surface area (TPSA) is 64.2 Å². The highest BCUT2D eigenvalue weighted by Gasteiger charge is 2.41. The third-order valence-electron chi connectivity index (χ3n) is 3.06. The third kappa shape index (κ3) is 2.49. The van der Waals surface area contributed by atoms with Crippen molar-refractivity contribution in [2.24, 2.45) is 0 Å². The zero-order valence-electron chi connectivity index (χ0n) is 10.7. The first-order valence-electron chi connectivity index (χ1n) is 6.10. The van der Waals surface area contributed by atoms with Crippen LogP contribution in [0.15, 0.2) is 47.7 Å². The van der Waals surface area contributed by atoms with E-state index < -0.39 is 17.4 Å². The predicted molar refractivity (Wildman–Crippen MR) is 67.9 cm³/mol. The molecule has 0 unspecified atom stereocenters. The number of H-pyrrole nitrogens is 1. The number of nitrogens with one attached hydrogen (secondary N) is 1. The van der Waals surface area contributed by atoms with Gasteiger partial charge in [0.2, 0.25) is 0 Å². The van der Waals surface area contributed by atoms with Gasteiger partial charge >= 0.3 is 0 Å². The van der Waals surface area contributed by atoms with E-state index in [0.717, 1.165) is 12.1 Å². The minimum atomic E-state index is -1.47. The fourth-order valence-corrected chi connectivity index (χ4v) is 2.12. The summed E-state index contributed by atoms with van der Waals surface area (Å²) in [7, 11) is 0. The number of aromatic nitrogens is 2. The van der Waals surface area contributed by atoms with Crippen LogP contribution in [0, 0.1) is 11.6 Å². The highest BCUT2D eigenvalue weighted by Crippen LogP contribution is 2.36. The molecule has 0 amide bonds. The molecule has 1 aliphatic heterocycles. The maximum atomic E-state index is 14.0. The molecule has 1 aromatic carbocycles. The van der Waals surface area contributed by atoms with Crippen LogP contribution >= 0.6 is 0 Å². The molecule has 0 fully saturated rings. The fourth-order valence-electron chi connectivity index (χ4n) is 2.12. The molecule has 0 aliphatic carbocycles. The lowest BCUT2D eigenvalue weighted by Gasteiger charge is -2.28. The van der Waals surface area contributed by atoms with Crippen LogP contribution in [-0.4, -0.2) is 10.2 Å². The van der Waals surface area contributed by atoms with Crippen molar-refractivity contribution < 1.29 is 18.3 Å². The molecule has 2 heterocycles. The summed E-state index contributed by atoms with van der Waals surface area (Å²) in [6.45, 7) is 0. The first-order valence-corrected chi connectivity index (χ1v) is 6.10. The third-order valence-corrected chi connectivity index (χ3v) is 3.06. The van der Waals surface area contributed by atoms with Crippen LogP contribution in [0.4, 0.5) is 8.78 Å². The number of ether oxygens (including phenoxy) is 2. The quantitative estimate of drug-likeness (QED) is 0.939. The maximum absolute atomic E-state index is 14.0. The Balaban J connectivity index is 1.99. The molecule has 1 N–H and O–H groups in total. The molecule has 0 atom stereocenters. The van der Waals surface area contributed by atoms with E-state index >= 15 is 0 Å². The number of rotatable bonds is 3. The minimum Gasteiger partial charge on any atom is -0.452 e. The lowest BCUT2D eigenvalue weighted by atomic mass is 9.99. The van der Waals surface area contributed by atoms with E-state index in [9.17, 15) is 13.6 Å². The smallest absolute Gasteiger partial charge is 0.285 e. The SMILES string of the molecule is O=c1ccc(CC2(c3ccc(F)cc3F)OC=CO2)n[nH]1. The number of halogens is 2. The van der Waals surface area contributed by atoms with E-state index in [-0.39, 0.29) is 17.5 Å². The molecule has 0 spiro atoms. The summed E-state index contributed by atoms with van der Waals surface area (Å²) in [6, 6.07) is 5.89. The fraction of sp³-hybridized carbons (Fsp3) is 0.143. The van der Waals surface area contributed by atoms with Crippen LogP contribution < -0.4 is 5.56 Å². The Bertz CT molecular complexity index is 730. The Hall–Kier alpha value is -2.70. The average molecular weight is 292 g/mol. The molecule has 1 aromatic heterocycles. The van der Waals surface area contributed by atoms with Crippen LogP contribution in [0.3, 0.4) is 0 Å². The molecule has 3 rings (SSSR count). The number of hydrogen-bond acceptors (Lipinski definition) is 4. The van der Waals surface area contributed by atoms with E-state index in [2.05, 4.69) is 10.2 Å². The van der Waals surface area contributed by atoms with Gasteiger partial charge in [0, 0.05) is 12.1 Å². The van der Waals surface area contributed by atoms with Crippen LogP contribution in [0.2, 0.25) is 0 Å². The van der Waals surface area contributed by atoms with Crippen molar-refractivity contribution >= 4 is 0 Å². The monoisotopic (exact) mass is 292 g/mol. The molecular formula is C14H10F2N2O3. The van der Waals surface area contributed by atoms with Gasteiger partial charge in [0.1, 0.15) is 24.2 Å². The van der Waals surface area contributed by atoms with Crippen molar-refractivity contribution in [1.82, 2.24) is 10.2 Å². The second-order valence-corrected chi connectivity index (χ2v) is 4.47. The van der Waals surface area contributed by atoms with Crippen LogP contribution in [0.25, 0.3) is 0 Å². The highest BCUT2D eigenvalue weighted by atomic mass is 19.1. The Morgan fingerprint density at radius 1 is 1.14 bits per heavy atom. The van der Waals surface area contributed by atoms with Crippen LogP contribution in [0.1, 0.15) is 11.3 Å². The van der Waals surface area contributed by atoms with Gasteiger partial charge in [0.05, 0.1) is 17.7 Å². The Labute approximate surface area is 117 Å². The predicted octanol–water partition coefficient (Wildman–Crippen LogP) is 1.96. The summed E-state index contributed by atoms with van der Waals surface area (Å²) in [5.41, 5.74) is 0.121. The van der Waals surface area contributed by atoms with Crippen molar-refractivity contribution in [3.63, 3.8) is 0 Å². The number of hydrogen-bond donors (Lipinski definition) is 1. The summed E-state index contributed by atoms with van der Waals surface area (Å²) >= 11 is 0. The maximum Gasteiger partial charge on any atom is 0.285 e. The first kappa shape index (κ1) is 13.3. The second-order valence-electron chi connectivity index (χ2n) is 4.47. The molecule has 0 bridgehead atoms. The molecule has 0 saturated carbocycles. The van der Waals surface area contributed by atoms with E-state index in [4.69, 9.17) is 9.47 Å². The van der Waals surface area contributed by atoms with Gasteiger partial charge in [-0.25, -0.2) is 13.9 Å².